The van der Waals surface area contributed by atoms with Gasteiger partial charge in [0.05, 0.1) is 16.6 Å². The minimum absolute atomic E-state index is 0.0247. The fourth-order valence-corrected chi connectivity index (χ4v) is 4.09. The van der Waals surface area contributed by atoms with Gasteiger partial charge in [0.15, 0.2) is 0 Å². The number of amides is 2. The minimum atomic E-state index is -1.85. The van der Waals surface area contributed by atoms with Crippen LogP contribution in [0.4, 0.5) is 9.59 Å². The molecule has 4 aromatic rings. The molecule has 13 heteroatoms. The van der Waals surface area contributed by atoms with Gasteiger partial charge in [-0.15, -0.1) is 0 Å². The molecular formula is C30H37BN4O8. The van der Waals surface area contributed by atoms with E-state index in [9.17, 15) is 29.2 Å². The second-order valence-electron chi connectivity index (χ2n) is 11.6. The zero-order valence-corrected chi connectivity index (χ0v) is 25.5. The summed E-state index contributed by atoms with van der Waals surface area (Å²) in [4.78, 5) is 48.0. The largest absolute Gasteiger partial charge is 0.506 e. The van der Waals surface area contributed by atoms with Crippen molar-refractivity contribution < 1.29 is 38.7 Å². The van der Waals surface area contributed by atoms with Gasteiger partial charge in [-0.25, -0.2) is 9.59 Å². The van der Waals surface area contributed by atoms with Gasteiger partial charge in [-0.05, 0) is 83.3 Å². The first-order chi connectivity index (χ1) is 20.0. The standard InChI is InChI=1S/C15H19BN2O5.C15H18N2O3/c1-15(2,3)23-14(20)18-11-7-10(13(19)17-4)6-5-9(11)8-12(18)16(21)22;1-15(2,3)20-14(19)17-8-7-10-5-6-11(9-12(10)17)13(18)16-4/h5-8,21-22H,1-4H3,(H,17,19);5-9H,1-4H3,(H,16,18). The van der Waals surface area contributed by atoms with Crippen LogP contribution in [0.3, 0.4) is 0 Å². The van der Waals surface area contributed by atoms with Crippen molar-refractivity contribution in [3.8, 4) is 0 Å². The van der Waals surface area contributed by atoms with Crippen molar-refractivity contribution >= 4 is 58.5 Å². The van der Waals surface area contributed by atoms with E-state index < -0.39 is 30.5 Å². The van der Waals surface area contributed by atoms with Crippen molar-refractivity contribution in [1.82, 2.24) is 19.8 Å². The predicted octanol–water partition coefficient (Wildman–Crippen LogP) is 3.25. The summed E-state index contributed by atoms with van der Waals surface area (Å²) in [5, 5.41) is 25.6. The normalized spacial score (nSPS) is 11.4. The van der Waals surface area contributed by atoms with Crippen molar-refractivity contribution in [1.29, 1.82) is 0 Å². The molecule has 12 nitrogen and oxygen atoms in total. The number of aromatic nitrogens is 2. The third-order valence-electron chi connectivity index (χ3n) is 5.94. The topological polar surface area (TPSA) is 161 Å². The Labute approximate surface area is 249 Å². The summed E-state index contributed by atoms with van der Waals surface area (Å²) >= 11 is 0. The van der Waals surface area contributed by atoms with E-state index in [2.05, 4.69) is 10.6 Å². The van der Waals surface area contributed by atoms with Gasteiger partial charge in [-0.1, -0.05) is 12.1 Å². The molecule has 0 unspecified atom stereocenters. The predicted molar refractivity (Wildman–Crippen MR) is 164 cm³/mol. The van der Waals surface area contributed by atoms with Gasteiger partial charge in [0, 0.05) is 36.8 Å². The van der Waals surface area contributed by atoms with Crippen LogP contribution in [-0.4, -0.2) is 75.6 Å². The summed E-state index contributed by atoms with van der Waals surface area (Å²) in [5.41, 5.74) is 0.535. The molecule has 0 radical (unpaired) electrons. The van der Waals surface area contributed by atoms with Gasteiger partial charge < -0.3 is 30.2 Å². The zero-order valence-electron chi connectivity index (χ0n) is 25.5. The summed E-state index contributed by atoms with van der Waals surface area (Å²) in [6.45, 7) is 10.6. The maximum Gasteiger partial charge on any atom is 0.506 e. The minimum Gasteiger partial charge on any atom is -0.443 e. The average Bonchev–Trinajstić information content (AvgIpc) is 3.52. The maximum absolute atomic E-state index is 12.4. The van der Waals surface area contributed by atoms with Crippen molar-refractivity contribution in [2.45, 2.75) is 52.7 Å². The van der Waals surface area contributed by atoms with E-state index >= 15 is 0 Å². The Bertz CT molecular complexity index is 1680. The van der Waals surface area contributed by atoms with Crippen LogP contribution >= 0.6 is 0 Å². The SMILES string of the molecule is CNC(=O)c1ccc2cc(B(O)O)n(C(=O)OC(C)(C)C)c2c1.CNC(=O)c1ccc2ccn(C(=O)OC(C)(C)C)c2c1. The molecule has 43 heavy (non-hydrogen) atoms. The third-order valence-corrected chi connectivity index (χ3v) is 5.94. The van der Waals surface area contributed by atoms with Crippen molar-refractivity contribution in [2.75, 3.05) is 14.1 Å². The average molecular weight is 592 g/mol. The van der Waals surface area contributed by atoms with Gasteiger partial charge in [0.25, 0.3) is 11.8 Å². The number of carbonyl (C=O) groups excluding carboxylic acids is 4. The fraction of sp³-hybridized carbons (Fsp3) is 0.333. The van der Waals surface area contributed by atoms with Crippen LogP contribution in [0.2, 0.25) is 0 Å². The van der Waals surface area contributed by atoms with Crippen LogP contribution in [0.15, 0.2) is 54.7 Å². The molecule has 4 rings (SSSR count). The van der Waals surface area contributed by atoms with Crippen LogP contribution in [-0.2, 0) is 9.47 Å². The molecule has 0 spiro atoms. The summed E-state index contributed by atoms with van der Waals surface area (Å²) < 4.78 is 13.1. The Hall–Kier alpha value is -4.62. The molecule has 0 aliphatic carbocycles. The Morgan fingerprint density at radius 1 is 0.698 bits per heavy atom. The van der Waals surface area contributed by atoms with Gasteiger partial charge in [0.2, 0.25) is 0 Å². The quantitative estimate of drug-likeness (QED) is 0.264. The first kappa shape index (κ1) is 32.9. The molecule has 2 amide bonds. The van der Waals surface area contributed by atoms with E-state index in [1.54, 1.807) is 64.3 Å². The van der Waals surface area contributed by atoms with Gasteiger partial charge in [0.1, 0.15) is 11.2 Å². The first-order valence-electron chi connectivity index (χ1n) is 13.5. The Morgan fingerprint density at radius 2 is 1.19 bits per heavy atom. The molecule has 0 fully saturated rings. The number of hydrogen-bond donors (Lipinski definition) is 4. The van der Waals surface area contributed by atoms with Crippen LogP contribution in [0.5, 0.6) is 0 Å². The molecule has 2 heterocycles. The maximum atomic E-state index is 12.4. The second kappa shape index (κ2) is 12.7. The van der Waals surface area contributed by atoms with Crippen molar-refractivity contribution in [2.24, 2.45) is 0 Å². The Balaban J connectivity index is 0.000000238. The van der Waals surface area contributed by atoms with Gasteiger partial charge >= 0.3 is 19.3 Å². The molecular weight excluding hydrogens is 555 g/mol. The summed E-state index contributed by atoms with van der Waals surface area (Å²) in [5.74, 6) is -0.501. The first-order valence-corrected chi connectivity index (χ1v) is 13.5. The highest BCUT2D eigenvalue weighted by Gasteiger charge is 2.27. The van der Waals surface area contributed by atoms with E-state index in [-0.39, 0.29) is 17.4 Å². The molecule has 0 bridgehead atoms. The highest BCUT2D eigenvalue weighted by atomic mass is 16.6. The number of nitrogens with one attached hydrogen (secondary N) is 2. The van der Waals surface area contributed by atoms with Gasteiger partial charge in [-0.2, -0.15) is 0 Å². The smallest absolute Gasteiger partial charge is 0.443 e. The summed E-state index contributed by atoms with van der Waals surface area (Å²) in [6, 6.07) is 13.2. The highest BCUT2D eigenvalue weighted by molar-refractivity contribution is 6.59. The van der Waals surface area contributed by atoms with Crippen molar-refractivity contribution in [3.63, 3.8) is 0 Å². The molecule has 228 valence electrons. The molecule has 0 aliphatic heterocycles. The highest BCUT2D eigenvalue weighted by Crippen LogP contribution is 2.21. The van der Waals surface area contributed by atoms with E-state index in [1.807, 2.05) is 26.8 Å². The van der Waals surface area contributed by atoms with Crippen LogP contribution in [0.1, 0.15) is 62.3 Å². The number of benzene rings is 2. The van der Waals surface area contributed by atoms with Crippen LogP contribution < -0.4 is 16.2 Å². The molecule has 4 N–H and O–H groups in total. The number of ether oxygens (including phenoxy) is 2. The Kier molecular flexibility index (Phi) is 9.73. The molecule has 2 aromatic heterocycles. The Morgan fingerprint density at radius 3 is 1.67 bits per heavy atom. The molecule has 0 saturated heterocycles. The zero-order chi connectivity index (χ0) is 32.3. The lowest BCUT2D eigenvalue weighted by molar-refractivity contribution is 0.0534. The van der Waals surface area contributed by atoms with Crippen LogP contribution in [0.25, 0.3) is 21.8 Å². The molecule has 0 saturated carbocycles. The van der Waals surface area contributed by atoms with Crippen LogP contribution in [0, 0.1) is 0 Å². The monoisotopic (exact) mass is 592 g/mol. The number of hydrogen-bond acceptors (Lipinski definition) is 8. The van der Waals surface area contributed by atoms with E-state index in [4.69, 9.17) is 9.47 Å². The molecule has 2 aromatic carbocycles. The van der Waals surface area contributed by atoms with E-state index in [0.29, 0.717) is 27.5 Å². The number of fused-ring (bicyclic) bond motifs is 2. The number of rotatable bonds is 3. The number of nitrogens with zero attached hydrogens (tertiary/aromatic N) is 2. The molecule has 0 atom stereocenters. The van der Waals surface area contributed by atoms with E-state index in [0.717, 1.165) is 9.95 Å². The fourth-order valence-electron chi connectivity index (χ4n) is 4.09. The summed E-state index contributed by atoms with van der Waals surface area (Å²) in [7, 11) is 1.22. The molecule has 0 aliphatic rings. The lowest BCUT2D eigenvalue weighted by Crippen LogP contribution is -2.41. The van der Waals surface area contributed by atoms with Crippen molar-refractivity contribution in [3.05, 3.63) is 65.9 Å². The second-order valence-corrected chi connectivity index (χ2v) is 11.6. The van der Waals surface area contributed by atoms with E-state index in [1.165, 1.54) is 23.7 Å². The third kappa shape index (κ3) is 8.02. The lowest BCUT2D eigenvalue weighted by Gasteiger charge is -2.21. The summed E-state index contributed by atoms with van der Waals surface area (Å²) in [6.07, 6.45) is 0.443. The number of carbonyl (C=O) groups is 4. The van der Waals surface area contributed by atoms with Gasteiger partial charge in [-0.3, -0.25) is 18.7 Å². The lowest BCUT2D eigenvalue weighted by atomic mass is 9.86.